The van der Waals surface area contributed by atoms with E-state index in [0.717, 1.165) is 17.7 Å². The molecule has 202 valence electrons. The van der Waals surface area contributed by atoms with Crippen LogP contribution in [0.2, 0.25) is 0 Å². The van der Waals surface area contributed by atoms with E-state index < -0.39 is 24.3 Å². The van der Waals surface area contributed by atoms with Crippen LogP contribution in [0.25, 0.3) is 6.08 Å². The maximum Gasteiger partial charge on any atom is 0.416 e. The predicted molar refractivity (Wildman–Crippen MR) is 148 cm³/mol. The summed E-state index contributed by atoms with van der Waals surface area (Å²) in [6.07, 6.45) is -2.82. The number of nitrogens with zero attached hydrogens (tertiary/aromatic N) is 1. The van der Waals surface area contributed by atoms with Gasteiger partial charge in [-0.15, -0.1) is 0 Å². The Morgan fingerprint density at radius 3 is 2.51 bits per heavy atom. The first-order chi connectivity index (χ1) is 18.6. The molecule has 4 rings (SSSR count). The zero-order valence-electron chi connectivity index (χ0n) is 20.8. The smallest absolute Gasteiger partial charge is 0.416 e. The summed E-state index contributed by atoms with van der Waals surface area (Å²) in [5.74, 6) is -0.286. The number of carbonyl (C=O) groups excluding carboxylic acids is 2. The molecule has 3 aromatic rings. The fourth-order valence-electron chi connectivity index (χ4n) is 3.85. The number of thiocarbonyl (C=S) groups is 1. The second-order valence-corrected chi connectivity index (χ2v) is 10.1. The van der Waals surface area contributed by atoms with Gasteiger partial charge in [0, 0.05) is 5.69 Å². The summed E-state index contributed by atoms with van der Waals surface area (Å²) in [6.45, 7) is 1.46. The molecule has 6 nitrogen and oxygen atoms in total. The van der Waals surface area contributed by atoms with Crippen molar-refractivity contribution in [1.82, 2.24) is 4.90 Å². The molecule has 0 aromatic heterocycles. The van der Waals surface area contributed by atoms with Crippen LogP contribution in [0.15, 0.2) is 77.7 Å². The molecule has 1 fully saturated rings. The number of halogens is 3. The molecule has 0 saturated carbocycles. The largest absolute Gasteiger partial charge is 0.493 e. The number of alkyl halides is 3. The van der Waals surface area contributed by atoms with Gasteiger partial charge in [0.1, 0.15) is 4.32 Å². The highest BCUT2D eigenvalue weighted by Gasteiger charge is 2.36. The molecular formula is C28H23F3N2O4S2. The molecule has 1 aliphatic heterocycles. The van der Waals surface area contributed by atoms with Gasteiger partial charge in [0.2, 0.25) is 0 Å². The van der Waals surface area contributed by atoms with Gasteiger partial charge in [-0.1, -0.05) is 66.4 Å². The van der Waals surface area contributed by atoms with Crippen LogP contribution in [0.4, 0.5) is 18.9 Å². The van der Waals surface area contributed by atoms with E-state index in [9.17, 15) is 22.8 Å². The minimum absolute atomic E-state index is 0.000338. The third-order valence-electron chi connectivity index (χ3n) is 5.81. The summed E-state index contributed by atoms with van der Waals surface area (Å²) < 4.78 is 50.1. The molecule has 2 amide bonds. The van der Waals surface area contributed by atoms with Crippen molar-refractivity contribution in [1.29, 1.82) is 0 Å². The highest BCUT2D eigenvalue weighted by atomic mass is 32.2. The van der Waals surface area contributed by atoms with Gasteiger partial charge in [-0.3, -0.25) is 14.5 Å². The third-order valence-corrected chi connectivity index (χ3v) is 7.14. The maximum atomic E-state index is 13.1. The van der Waals surface area contributed by atoms with Crippen LogP contribution in [-0.4, -0.2) is 34.8 Å². The van der Waals surface area contributed by atoms with Crippen molar-refractivity contribution in [2.24, 2.45) is 0 Å². The van der Waals surface area contributed by atoms with Gasteiger partial charge in [0.15, 0.2) is 18.1 Å². The molecule has 1 atom stereocenters. The number of anilines is 1. The molecule has 0 aliphatic carbocycles. The van der Waals surface area contributed by atoms with E-state index in [4.69, 9.17) is 21.7 Å². The van der Waals surface area contributed by atoms with Crippen molar-refractivity contribution in [3.8, 4) is 11.5 Å². The summed E-state index contributed by atoms with van der Waals surface area (Å²) in [5.41, 5.74) is 0.750. The molecule has 0 radical (unpaired) electrons. The van der Waals surface area contributed by atoms with Crippen LogP contribution in [0.5, 0.6) is 11.5 Å². The zero-order chi connectivity index (χ0) is 28.2. The van der Waals surface area contributed by atoms with E-state index >= 15 is 0 Å². The normalized spacial score (nSPS) is 15.4. The number of rotatable bonds is 8. The van der Waals surface area contributed by atoms with E-state index in [2.05, 4.69) is 5.32 Å². The first-order valence-corrected chi connectivity index (χ1v) is 12.9. The average molecular weight is 573 g/mol. The number of carbonyl (C=O) groups is 2. The molecule has 1 unspecified atom stereocenters. The van der Waals surface area contributed by atoms with E-state index in [0.29, 0.717) is 20.5 Å². The lowest BCUT2D eigenvalue weighted by molar-refractivity contribution is -0.137. The first kappa shape index (κ1) is 28.2. The van der Waals surface area contributed by atoms with Gasteiger partial charge < -0.3 is 14.8 Å². The number of hydrogen-bond donors (Lipinski definition) is 1. The van der Waals surface area contributed by atoms with Gasteiger partial charge in [-0.05, 0) is 54.5 Å². The summed E-state index contributed by atoms with van der Waals surface area (Å²) in [6, 6.07) is 18.6. The summed E-state index contributed by atoms with van der Waals surface area (Å²) in [4.78, 5) is 27.5. The average Bonchev–Trinajstić information content (AvgIpc) is 3.19. The van der Waals surface area contributed by atoms with Crippen molar-refractivity contribution in [2.75, 3.05) is 19.0 Å². The van der Waals surface area contributed by atoms with Crippen LogP contribution >= 0.6 is 24.0 Å². The SMILES string of the molecule is COc1cc(/C=C2/SC(=S)N(C(C)c3ccccc3)C2=O)ccc1OCC(=O)Nc1cccc(C(F)(F)F)c1. The molecule has 1 N–H and O–H groups in total. The van der Waals surface area contributed by atoms with Crippen molar-refractivity contribution in [3.63, 3.8) is 0 Å². The lowest BCUT2D eigenvalue weighted by Crippen LogP contribution is -2.30. The molecular weight excluding hydrogens is 549 g/mol. The van der Waals surface area contributed by atoms with Crippen molar-refractivity contribution >= 4 is 51.9 Å². The highest BCUT2D eigenvalue weighted by Crippen LogP contribution is 2.39. The summed E-state index contributed by atoms with van der Waals surface area (Å²) in [5, 5.41) is 2.38. The number of hydrogen-bond acceptors (Lipinski definition) is 6. The second kappa shape index (κ2) is 11.9. The Hall–Kier alpha value is -3.83. The van der Waals surface area contributed by atoms with E-state index in [1.165, 1.54) is 31.0 Å². The fraction of sp³-hybridized carbons (Fsp3) is 0.179. The quantitative estimate of drug-likeness (QED) is 0.240. The number of methoxy groups -OCH3 is 1. The standard InChI is InChI=1S/C28H23F3N2O4S2/c1-17(19-7-4-3-5-8-19)33-26(35)24(39-27(33)38)14-18-11-12-22(23(13-18)36-2)37-16-25(34)32-21-10-6-9-20(15-21)28(29,30)31/h3-15,17H,16H2,1-2H3,(H,32,34)/b24-14+. The minimum atomic E-state index is -4.52. The van der Waals surface area contributed by atoms with Gasteiger partial charge in [0.05, 0.1) is 23.6 Å². The molecule has 0 spiro atoms. The van der Waals surface area contributed by atoms with Crippen LogP contribution in [0.3, 0.4) is 0 Å². The summed E-state index contributed by atoms with van der Waals surface area (Å²) in [7, 11) is 1.43. The number of thioether (sulfide) groups is 1. The topological polar surface area (TPSA) is 67.9 Å². The number of ether oxygens (including phenoxy) is 2. The van der Waals surface area contributed by atoms with E-state index in [1.807, 2.05) is 37.3 Å². The van der Waals surface area contributed by atoms with Gasteiger partial charge in [0.25, 0.3) is 11.8 Å². The fourth-order valence-corrected chi connectivity index (χ4v) is 5.27. The number of benzene rings is 3. The third kappa shape index (κ3) is 6.79. The van der Waals surface area contributed by atoms with E-state index in [-0.39, 0.29) is 23.4 Å². The molecule has 39 heavy (non-hydrogen) atoms. The summed E-state index contributed by atoms with van der Waals surface area (Å²) >= 11 is 6.68. The molecule has 3 aromatic carbocycles. The number of nitrogens with one attached hydrogen (secondary N) is 1. The second-order valence-electron chi connectivity index (χ2n) is 8.46. The lowest BCUT2D eigenvalue weighted by Gasteiger charge is -2.23. The maximum absolute atomic E-state index is 13.1. The highest BCUT2D eigenvalue weighted by molar-refractivity contribution is 8.26. The Kier molecular flexibility index (Phi) is 8.61. The Bertz CT molecular complexity index is 1430. The first-order valence-electron chi connectivity index (χ1n) is 11.7. The van der Waals surface area contributed by atoms with Crippen LogP contribution < -0.4 is 14.8 Å². The Morgan fingerprint density at radius 1 is 1.08 bits per heavy atom. The molecule has 1 aliphatic rings. The Balaban J connectivity index is 1.42. The number of amides is 2. The van der Waals surface area contributed by atoms with Crippen LogP contribution in [0, 0.1) is 0 Å². The van der Waals surface area contributed by atoms with Crippen molar-refractivity contribution < 1.29 is 32.2 Å². The Labute approximate surface area is 232 Å². The molecule has 1 heterocycles. The predicted octanol–water partition coefficient (Wildman–Crippen LogP) is 6.69. The molecule has 1 saturated heterocycles. The molecule has 11 heteroatoms. The van der Waals surface area contributed by atoms with Crippen molar-refractivity contribution in [2.45, 2.75) is 19.1 Å². The van der Waals surface area contributed by atoms with E-state index in [1.54, 1.807) is 29.2 Å². The van der Waals surface area contributed by atoms with Gasteiger partial charge >= 0.3 is 6.18 Å². The lowest BCUT2D eigenvalue weighted by atomic mass is 10.1. The molecule has 0 bridgehead atoms. The monoisotopic (exact) mass is 572 g/mol. The van der Waals surface area contributed by atoms with Crippen LogP contribution in [-0.2, 0) is 15.8 Å². The van der Waals surface area contributed by atoms with Gasteiger partial charge in [-0.2, -0.15) is 13.2 Å². The Morgan fingerprint density at radius 2 is 1.82 bits per heavy atom. The van der Waals surface area contributed by atoms with Gasteiger partial charge in [-0.25, -0.2) is 0 Å². The van der Waals surface area contributed by atoms with Crippen molar-refractivity contribution in [3.05, 3.63) is 94.4 Å². The minimum Gasteiger partial charge on any atom is -0.493 e. The zero-order valence-corrected chi connectivity index (χ0v) is 22.5. The van der Waals surface area contributed by atoms with Crippen LogP contribution in [0.1, 0.15) is 29.7 Å².